The molecular weight excluding hydrogens is 460 g/mol. The quantitative estimate of drug-likeness (QED) is 0.233. The first-order valence-corrected chi connectivity index (χ1v) is 12.8. The zero-order valence-electron chi connectivity index (χ0n) is 20.8. The van der Waals surface area contributed by atoms with E-state index in [1.807, 2.05) is 30.6 Å². The van der Waals surface area contributed by atoms with Crippen molar-refractivity contribution >= 4 is 21.7 Å². The van der Waals surface area contributed by atoms with Gasteiger partial charge in [-0.3, -0.25) is 4.98 Å². The molecule has 2 aromatic heterocycles. The minimum Gasteiger partial charge on any atom is -0.265 e. The Kier molecular flexibility index (Phi) is 5.49. The lowest BCUT2D eigenvalue weighted by Gasteiger charge is -2.16. The summed E-state index contributed by atoms with van der Waals surface area (Å²) in [7, 11) is 0. The van der Waals surface area contributed by atoms with Gasteiger partial charge in [-0.2, -0.15) is 0 Å². The van der Waals surface area contributed by atoms with E-state index in [0.29, 0.717) is 0 Å². The molecule has 38 heavy (non-hydrogen) atoms. The second kappa shape index (κ2) is 9.42. The van der Waals surface area contributed by atoms with E-state index in [-0.39, 0.29) is 0 Å². The van der Waals surface area contributed by atoms with Crippen LogP contribution in [0.3, 0.4) is 0 Å². The fraction of sp³-hybridized carbons (Fsp3) is 0. The number of pyridine rings is 2. The van der Waals surface area contributed by atoms with Gasteiger partial charge in [0.2, 0.25) is 0 Å². The summed E-state index contributed by atoms with van der Waals surface area (Å²) in [4.78, 5) is 9.39. The van der Waals surface area contributed by atoms with E-state index >= 15 is 0 Å². The molecule has 7 rings (SSSR count). The highest BCUT2D eigenvalue weighted by molar-refractivity contribution is 6.16. The Morgan fingerprint density at radius 1 is 0.368 bits per heavy atom. The van der Waals surface area contributed by atoms with Gasteiger partial charge in [-0.05, 0) is 63.0 Å². The average Bonchev–Trinajstić information content (AvgIpc) is 3.01. The van der Waals surface area contributed by atoms with Gasteiger partial charge in [0.05, 0.1) is 11.2 Å². The SMILES string of the molecule is c1ccc(-c2cc(-c3ccccc3)c3cc(-c4ccc(-c5ccncc5)cc4)c4ccccc4c3n2)cc1. The largest absolute Gasteiger partial charge is 0.265 e. The van der Waals surface area contributed by atoms with Crippen molar-refractivity contribution in [2.45, 2.75) is 0 Å². The molecule has 0 atom stereocenters. The monoisotopic (exact) mass is 484 g/mol. The molecule has 0 fully saturated rings. The zero-order valence-corrected chi connectivity index (χ0v) is 20.8. The third kappa shape index (κ3) is 3.93. The van der Waals surface area contributed by atoms with Crippen LogP contribution in [0.1, 0.15) is 0 Å². The Hall–Kier alpha value is -5.08. The number of nitrogens with zero attached hydrogens (tertiary/aromatic N) is 2. The van der Waals surface area contributed by atoms with Crippen molar-refractivity contribution in [1.82, 2.24) is 9.97 Å². The second-order valence-corrected chi connectivity index (χ2v) is 9.47. The Morgan fingerprint density at radius 2 is 0.895 bits per heavy atom. The lowest BCUT2D eigenvalue weighted by molar-refractivity contribution is 1.33. The molecule has 0 bridgehead atoms. The fourth-order valence-electron chi connectivity index (χ4n) is 5.29. The molecule has 5 aromatic carbocycles. The van der Waals surface area contributed by atoms with Crippen LogP contribution in [0.25, 0.3) is 66.3 Å². The molecule has 0 amide bonds. The third-order valence-corrected chi connectivity index (χ3v) is 7.18. The topological polar surface area (TPSA) is 25.8 Å². The van der Waals surface area contributed by atoms with Crippen LogP contribution in [-0.2, 0) is 0 Å². The summed E-state index contributed by atoms with van der Waals surface area (Å²) in [6, 6.07) is 47.2. The molecule has 0 aliphatic carbocycles. The summed E-state index contributed by atoms with van der Waals surface area (Å²) in [5, 5.41) is 3.52. The van der Waals surface area contributed by atoms with Crippen molar-refractivity contribution in [2.75, 3.05) is 0 Å². The number of benzene rings is 5. The van der Waals surface area contributed by atoms with Gasteiger partial charge in [-0.25, -0.2) is 4.98 Å². The Labute approximate surface area is 221 Å². The van der Waals surface area contributed by atoms with Crippen molar-refractivity contribution in [1.29, 1.82) is 0 Å². The van der Waals surface area contributed by atoms with Gasteiger partial charge in [-0.15, -0.1) is 0 Å². The van der Waals surface area contributed by atoms with Crippen molar-refractivity contribution in [3.05, 3.63) is 146 Å². The number of aromatic nitrogens is 2. The first-order chi connectivity index (χ1) is 18.8. The summed E-state index contributed by atoms with van der Waals surface area (Å²) in [6.07, 6.45) is 3.67. The summed E-state index contributed by atoms with van der Waals surface area (Å²) in [6.45, 7) is 0. The first-order valence-electron chi connectivity index (χ1n) is 12.8. The van der Waals surface area contributed by atoms with Crippen molar-refractivity contribution < 1.29 is 0 Å². The molecule has 7 aromatic rings. The second-order valence-electron chi connectivity index (χ2n) is 9.47. The zero-order chi connectivity index (χ0) is 25.3. The molecule has 0 aliphatic heterocycles. The maximum atomic E-state index is 5.24. The lowest BCUT2D eigenvalue weighted by atomic mass is 9.90. The summed E-state index contributed by atoms with van der Waals surface area (Å²) >= 11 is 0. The van der Waals surface area contributed by atoms with Crippen molar-refractivity contribution in [2.24, 2.45) is 0 Å². The molecule has 0 saturated heterocycles. The van der Waals surface area contributed by atoms with Crippen LogP contribution in [0.5, 0.6) is 0 Å². The van der Waals surface area contributed by atoms with E-state index in [9.17, 15) is 0 Å². The number of hydrogen-bond acceptors (Lipinski definition) is 2. The lowest BCUT2D eigenvalue weighted by Crippen LogP contribution is -1.93. The van der Waals surface area contributed by atoms with Crippen LogP contribution in [0.4, 0.5) is 0 Å². The molecule has 0 unspecified atom stereocenters. The standard InChI is InChI=1S/C36H24N2/c1-3-9-27(10-4-1)33-24-35(29-11-5-2-6-12-29)38-36-31-14-8-7-13-30(31)32(23-34(33)36)28-17-15-25(16-18-28)26-19-21-37-22-20-26/h1-24H. The molecule has 0 spiro atoms. The molecule has 2 heteroatoms. The number of hydrogen-bond donors (Lipinski definition) is 0. The molecular formula is C36H24N2. The normalized spacial score (nSPS) is 11.2. The predicted octanol–water partition coefficient (Wildman–Crippen LogP) is 9.45. The molecule has 2 nitrogen and oxygen atoms in total. The molecule has 0 aliphatic rings. The van der Waals surface area contributed by atoms with Gasteiger partial charge < -0.3 is 0 Å². The van der Waals surface area contributed by atoms with Crippen LogP contribution in [0.15, 0.2) is 146 Å². The number of rotatable bonds is 4. The van der Waals surface area contributed by atoms with E-state index in [0.717, 1.165) is 27.5 Å². The van der Waals surface area contributed by atoms with Gasteiger partial charge >= 0.3 is 0 Å². The van der Waals surface area contributed by atoms with Crippen LogP contribution >= 0.6 is 0 Å². The van der Waals surface area contributed by atoms with E-state index in [4.69, 9.17) is 4.98 Å². The fourth-order valence-corrected chi connectivity index (χ4v) is 5.29. The van der Waals surface area contributed by atoms with Crippen LogP contribution in [0, 0.1) is 0 Å². The van der Waals surface area contributed by atoms with Gasteiger partial charge in [0.25, 0.3) is 0 Å². The van der Waals surface area contributed by atoms with E-state index in [2.05, 4.69) is 120 Å². The Morgan fingerprint density at radius 3 is 1.61 bits per heavy atom. The molecule has 0 saturated carbocycles. The minimum atomic E-state index is 0.983. The number of fused-ring (bicyclic) bond motifs is 3. The Balaban J connectivity index is 1.50. The molecule has 0 radical (unpaired) electrons. The maximum absolute atomic E-state index is 5.24. The maximum Gasteiger partial charge on any atom is 0.0794 e. The average molecular weight is 485 g/mol. The Bertz CT molecular complexity index is 1880. The predicted molar refractivity (Wildman–Crippen MR) is 159 cm³/mol. The van der Waals surface area contributed by atoms with Crippen molar-refractivity contribution in [3.63, 3.8) is 0 Å². The summed E-state index contributed by atoms with van der Waals surface area (Å²) in [5.74, 6) is 0. The van der Waals surface area contributed by atoms with E-state index in [1.54, 1.807) is 0 Å². The molecule has 178 valence electrons. The van der Waals surface area contributed by atoms with E-state index in [1.165, 1.54) is 38.8 Å². The van der Waals surface area contributed by atoms with Gasteiger partial charge in [-0.1, -0.05) is 109 Å². The first kappa shape index (κ1) is 22.1. The highest BCUT2D eigenvalue weighted by Crippen LogP contribution is 2.40. The highest BCUT2D eigenvalue weighted by atomic mass is 14.7. The summed E-state index contributed by atoms with van der Waals surface area (Å²) in [5.41, 5.74) is 10.2. The third-order valence-electron chi connectivity index (χ3n) is 7.18. The van der Waals surface area contributed by atoms with Crippen LogP contribution in [-0.4, -0.2) is 9.97 Å². The van der Waals surface area contributed by atoms with E-state index < -0.39 is 0 Å². The molecule has 0 N–H and O–H groups in total. The smallest absolute Gasteiger partial charge is 0.0794 e. The van der Waals surface area contributed by atoms with Gasteiger partial charge in [0.1, 0.15) is 0 Å². The van der Waals surface area contributed by atoms with Crippen LogP contribution < -0.4 is 0 Å². The minimum absolute atomic E-state index is 0.983. The highest BCUT2D eigenvalue weighted by Gasteiger charge is 2.15. The molecule has 2 heterocycles. The van der Waals surface area contributed by atoms with Gasteiger partial charge in [0, 0.05) is 28.7 Å². The van der Waals surface area contributed by atoms with Crippen LogP contribution in [0.2, 0.25) is 0 Å². The summed E-state index contributed by atoms with van der Waals surface area (Å²) < 4.78 is 0. The van der Waals surface area contributed by atoms with Crippen molar-refractivity contribution in [3.8, 4) is 44.6 Å². The van der Waals surface area contributed by atoms with Gasteiger partial charge in [0.15, 0.2) is 0 Å².